The number of hydrogen-bond acceptors (Lipinski definition) is 7. The van der Waals surface area contributed by atoms with E-state index >= 15 is 0 Å². The van der Waals surface area contributed by atoms with Crippen molar-refractivity contribution in [3.63, 3.8) is 0 Å². The van der Waals surface area contributed by atoms with Crippen LogP contribution >= 0.6 is 0 Å². The van der Waals surface area contributed by atoms with Gasteiger partial charge in [0.05, 0.1) is 11.4 Å². The fraction of sp³-hybridized carbons (Fsp3) is 0.522. The van der Waals surface area contributed by atoms with E-state index in [0.717, 1.165) is 23.5 Å². The summed E-state index contributed by atoms with van der Waals surface area (Å²) in [6.07, 6.45) is 3.11. The molecule has 0 bridgehead atoms. The van der Waals surface area contributed by atoms with Gasteiger partial charge in [0.2, 0.25) is 0 Å². The highest BCUT2D eigenvalue weighted by Gasteiger charge is 2.18. The SMILES string of the molecule is CCc1nc(C(N)=O)c(Nc2ccnc(CCNC(=O)OC(C)(C)C)c2)nc1CC(C)C. The molecule has 0 saturated carbocycles. The second-order valence-electron chi connectivity index (χ2n) is 8.97. The molecule has 0 spiro atoms. The zero-order chi connectivity index (χ0) is 23.9. The molecule has 0 radical (unpaired) electrons. The lowest BCUT2D eigenvalue weighted by molar-refractivity contribution is 0.0528. The summed E-state index contributed by atoms with van der Waals surface area (Å²) in [6.45, 7) is 12.0. The van der Waals surface area contributed by atoms with E-state index in [9.17, 15) is 9.59 Å². The second-order valence-corrected chi connectivity index (χ2v) is 8.97. The predicted molar refractivity (Wildman–Crippen MR) is 124 cm³/mol. The molecule has 0 aliphatic rings. The molecule has 9 nitrogen and oxygen atoms in total. The van der Waals surface area contributed by atoms with E-state index in [4.69, 9.17) is 10.5 Å². The minimum atomic E-state index is -0.637. The average molecular weight is 443 g/mol. The number of nitrogens with one attached hydrogen (secondary N) is 2. The highest BCUT2D eigenvalue weighted by Crippen LogP contribution is 2.22. The molecule has 4 N–H and O–H groups in total. The molecule has 32 heavy (non-hydrogen) atoms. The Labute approximate surface area is 189 Å². The Kier molecular flexibility index (Phi) is 8.51. The number of carbonyl (C=O) groups is 2. The topological polar surface area (TPSA) is 132 Å². The number of amides is 2. The van der Waals surface area contributed by atoms with E-state index in [0.29, 0.717) is 36.8 Å². The third-order valence-corrected chi connectivity index (χ3v) is 4.35. The van der Waals surface area contributed by atoms with Gasteiger partial charge in [0, 0.05) is 30.5 Å². The molecule has 0 saturated heterocycles. The van der Waals surface area contributed by atoms with Crippen LogP contribution in [0.2, 0.25) is 0 Å². The predicted octanol–water partition coefficient (Wildman–Crippen LogP) is 3.54. The third-order valence-electron chi connectivity index (χ3n) is 4.35. The zero-order valence-corrected chi connectivity index (χ0v) is 19.8. The van der Waals surface area contributed by atoms with Gasteiger partial charge in [-0.25, -0.2) is 14.8 Å². The van der Waals surface area contributed by atoms with Crippen molar-refractivity contribution in [2.75, 3.05) is 11.9 Å². The lowest BCUT2D eigenvalue weighted by atomic mass is 10.0. The Morgan fingerprint density at radius 1 is 1.19 bits per heavy atom. The van der Waals surface area contributed by atoms with Crippen molar-refractivity contribution < 1.29 is 14.3 Å². The van der Waals surface area contributed by atoms with Crippen molar-refractivity contribution in [2.45, 2.75) is 66.4 Å². The van der Waals surface area contributed by atoms with Crippen LogP contribution in [-0.4, -0.2) is 39.1 Å². The number of nitrogens with two attached hydrogens (primary N) is 1. The van der Waals surface area contributed by atoms with Crippen molar-refractivity contribution in [3.05, 3.63) is 41.1 Å². The minimum Gasteiger partial charge on any atom is -0.444 e. The van der Waals surface area contributed by atoms with Crippen LogP contribution in [0.4, 0.5) is 16.3 Å². The Hall–Kier alpha value is -3.23. The van der Waals surface area contributed by atoms with Gasteiger partial charge < -0.3 is 21.1 Å². The zero-order valence-electron chi connectivity index (χ0n) is 19.8. The van der Waals surface area contributed by atoms with Crippen molar-refractivity contribution in [2.24, 2.45) is 11.7 Å². The lowest BCUT2D eigenvalue weighted by Crippen LogP contribution is -2.33. The van der Waals surface area contributed by atoms with E-state index < -0.39 is 17.6 Å². The Balaban J connectivity index is 2.16. The van der Waals surface area contributed by atoms with Crippen LogP contribution in [0.5, 0.6) is 0 Å². The molecule has 0 fully saturated rings. The van der Waals surface area contributed by atoms with Crippen LogP contribution in [0.3, 0.4) is 0 Å². The van der Waals surface area contributed by atoms with Gasteiger partial charge in [-0.3, -0.25) is 9.78 Å². The van der Waals surface area contributed by atoms with Crippen molar-refractivity contribution in [3.8, 4) is 0 Å². The molecule has 9 heteroatoms. The Bertz CT molecular complexity index is 953. The number of alkyl carbamates (subject to hydrolysis) is 1. The number of hydrogen-bond donors (Lipinski definition) is 3. The first-order valence-corrected chi connectivity index (χ1v) is 10.9. The molecular weight excluding hydrogens is 408 g/mol. The molecule has 2 heterocycles. The van der Waals surface area contributed by atoms with Gasteiger partial charge in [-0.2, -0.15) is 0 Å². The van der Waals surface area contributed by atoms with E-state index in [1.807, 2.05) is 33.8 Å². The van der Waals surface area contributed by atoms with Crippen LogP contribution in [0, 0.1) is 5.92 Å². The summed E-state index contributed by atoms with van der Waals surface area (Å²) in [5.74, 6) is 0.0860. The van der Waals surface area contributed by atoms with Crippen LogP contribution < -0.4 is 16.4 Å². The summed E-state index contributed by atoms with van der Waals surface area (Å²) in [6, 6.07) is 3.60. The molecule has 0 atom stereocenters. The first kappa shape index (κ1) is 25.0. The molecule has 174 valence electrons. The smallest absolute Gasteiger partial charge is 0.407 e. The number of anilines is 2. The van der Waals surface area contributed by atoms with Crippen molar-refractivity contribution in [1.29, 1.82) is 0 Å². The number of aromatic nitrogens is 3. The maximum atomic E-state index is 12.0. The summed E-state index contributed by atoms with van der Waals surface area (Å²) in [4.78, 5) is 37.3. The summed E-state index contributed by atoms with van der Waals surface area (Å²) in [7, 11) is 0. The highest BCUT2D eigenvalue weighted by molar-refractivity contribution is 5.96. The molecule has 0 aromatic carbocycles. The summed E-state index contributed by atoms with van der Waals surface area (Å²) in [5, 5.41) is 5.88. The van der Waals surface area contributed by atoms with Gasteiger partial charge >= 0.3 is 6.09 Å². The molecule has 0 unspecified atom stereocenters. The van der Waals surface area contributed by atoms with Crippen molar-refractivity contribution >= 4 is 23.5 Å². The third kappa shape index (κ3) is 7.79. The number of primary amides is 1. The van der Waals surface area contributed by atoms with E-state index in [2.05, 4.69) is 39.4 Å². The number of carbonyl (C=O) groups excluding carboxylic acids is 2. The summed E-state index contributed by atoms with van der Waals surface area (Å²) >= 11 is 0. The highest BCUT2D eigenvalue weighted by atomic mass is 16.6. The van der Waals surface area contributed by atoms with E-state index in [-0.39, 0.29) is 5.69 Å². The monoisotopic (exact) mass is 442 g/mol. The van der Waals surface area contributed by atoms with Gasteiger partial charge in [0.25, 0.3) is 5.91 Å². The minimum absolute atomic E-state index is 0.110. The molecule has 2 aromatic heterocycles. The first-order chi connectivity index (χ1) is 15.0. The molecular formula is C23H34N6O3. The molecule has 2 amide bonds. The van der Waals surface area contributed by atoms with Gasteiger partial charge in [-0.05, 0) is 51.7 Å². The second kappa shape index (κ2) is 10.9. The number of rotatable bonds is 9. The fourth-order valence-electron chi connectivity index (χ4n) is 3.03. The van der Waals surface area contributed by atoms with Gasteiger partial charge in [0.1, 0.15) is 5.60 Å². The number of ether oxygens (including phenoxy) is 1. The Morgan fingerprint density at radius 3 is 2.50 bits per heavy atom. The molecule has 0 aliphatic heterocycles. The summed E-state index contributed by atoms with van der Waals surface area (Å²) in [5.41, 5.74) is 8.21. The molecule has 2 aromatic rings. The van der Waals surface area contributed by atoms with E-state index in [1.54, 1.807) is 12.3 Å². The number of aryl methyl sites for hydroxylation is 1. The average Bonchev–Trinajstić information content (AvgIpc) is 2.66. The number of pyridine rings is 1. The number of nitrogens with zero attached hydrogens (tertiary/aromatic N) is 3. The lowest BCUT2D eigenvalue weighted by Gasteiger charge is -2.19. The quantitative estimate of drug-likeness (QED) is 0.541. The van der Waals surface area contributed by atoms with Crippen LogP contribution in [0.1, 0.15) is 69.1 Å². The maximum absolute atomic E-state index is 12.0. The van der Waals surface area contributed by atoms with Crippen LogP contribution in [-0.2, 0) is 24.0 Å². The molecule has 0 aliphatic carbocycles. The van der Waals surface area contributed by atoms with Gasteiger partial charge in [-0.1, -0.05) is 20.8 Å². The Morgan fingerprint density at radius 2 is 1.91 bits per heavy atom. The fourth-order valence-corrected chi connectivity index (χ4v) is 3.03. The summed E-state index contributed by atoms with van der Waals surface area (Å²) < 4.78 is 5.23. The standard InChI is InChI=1S/C23H34N6O3/c1-7-17-18(12-14(2)3)29-21(19(28-17)20(24)30)27-16-9-10-25-15(13-16)8-11-26-22(31)32-23(4,5)6/h9-10,13-14H,7-8,11-12H2,1-6H3,(H2,24,30)(H,26,31)(H,25,27,29). The molecule has 2 rings (SSSR count). The maximum Gasteiger partial charge on any atom is 0.407 e. The van der Waals surface area contributed by atoms with Crippen LogP contribution in [0.25, 0.3) is 0 Å². The van der Waals surface area contributed by atoms with Gasteiger partial charge in [-0.15, -0.1) is 0 Å². The first-order valence-electron chi connectivity index (χ1n) is 10.9. The normalized spacial score (nSPS) is 11.3. The van der Waals surface area contributed by atoms with Gasteiger partial charge in [0.15, 0.2) is 11.5 Å². The van der Waals surface area contributed by atoms with Crippen LogP contribution in [0.15, 0.2) is 18.3 Å². The van der Waals surface area contributed by atoms with E-state index in [1.165, 1.54) is 0 Å². The largest absolute Gasteiger partial charge is 0.444 e. The van der Waals surface area contributed by atoms with Crippen molar-refractivity contribution in [1.82, 2.24) is 20.3 Å².